The second-order valence-corrected chi connectivity index (χ2v) is 4.99. The average Bonchev–Trinajstić information content (AvgIpc) is 2.36. The van der Waals surface area contributed by atoms with Gasteiger partial charge in [-0.15, -0.1) is 0 Å². The van der Waals surface area contributed by atoms with E-state index in [1.54, 1.807) is 0 Å². The number of benzene rings is 2. The third kappa shape index (κ3) is 3.32. The van der Waals surface area contributed by atoms with Crippen LogP contribution < -0.4 is 4.74 Å². The lowest BCUT2D eigenvalue weighted by Crippen LogP contribution is -2.03. The van der Waals surface area contributed by atoms with Gasteiger partial charge >= 0.3 is 6.61 Å². The molecular weight excluding hydrogens is 335 g/mol. The number of ether oxygens (including phenoxy) is 1. The fourth-order valence-corrected chi connectivity index (χ4v) is 2.34. The van der Waals surface area contributed by atoms with Gasteiger partial charge in [-0.25, -0.2) is 4.39 Å². The molecule has 106 valence electrons. The lowest BCUT2D eigenvalue weighted by molar-refractivity contribution is -0.0521. The molecule has 1 nitrogen and oxygen atoms in total. The smallest absolute Gasteiger partial charge is 0.387 e. The van der Waals surface area contributed by atoms with Crippen LogP contribution in [-0.4, -0.2) is 6.61 Å². The van der Waals surface area contributed by atoms with Crippen molar-refractivity contribution in [3.63, 3.8) is 0 Å². The van der Waals surface area contributed by atoms with Crippen LogP contribution in [0.25, 0.3) is 11.1 Å². The van der Waals surface area contributed by atoms with Gasteiger partial charge in [0, 0.05) is 10.6 Å². The van der Waals surface area contributed by atoms with Gasteiger partial charge in [-0.2, -0.15) is 8.78 Å². The Hall–Kier alpha value is -1.10. The molecule has 0 saturated carbocycles. The molecule has 20 heavy (non-hydrogen) atoms. The molecule has 2 aromatic carbocycles. The minimum absolute atomic E-state index is 0.193. The summed E-state index contributed by atoms with van der Waals surface area (Å²) in [6, 6.07) is 6.43. The van der Waals surface area contributed by atoms with Gasteiger partial charge < -0.3 is 4.74 Å². The molecule has 0 amide bonds. The predicted molar refractivity (Wildman–Crippen MR) is 73.5 cm³/mol. The summed E-state index contributed by atoms with van der Waals surface area (Å²) in [6.45, 7) is -3.10. The number of hydrogen-bond donors (Lipinski definition) is 0. The van der Waals surface area contributed by atoms with Crippen molar-refractivity contribution in [2.75, 3.05) is 0 Å². The molecule has 0 unspecified atom stereocenters. The Balaban J connectivity index is 2.47. The first kappa shape index (κ1) is 15.3. The van der Waals surface area contributed by atoms with Gasteiger partial charge in [0.25, 0.3) is 0 Å². The Kier molecular flexibility index (Phi) is 4.68. The quantitative estimate of drug-likeness (QED) is 0.617. The van der Waals surface area contributed by atoms with E-state index >= 15 is 0 Å². The van der Waals surface area contributed by atoms with Crippen LogP contribution in [0, 0.1) is 5.82 Å². The van der Waals surface area contributed by atoms with E-state index in [0.29, 0.717) is 16.1 Å². The standard InChI is InChI=1S/C13H6Cl3F3O/c14-7-4-8(12(16)9(15)5-7)6-1-2-11(10(17)3-6)20-13(18)19/h1-5,13H. The maximum atomic E-state index is 13.7. The zero-order valence-corrected chi connectivity index (χ0v) is 11.9. The van der Waals surface area contributed by atoms with Crippen LogP contribution in [0.3, 0.4) is 0 Å². The van der Waals surface area contributed by atoms with Crippen LogP contribution in [-0.2, 0) is 0 Å². The Labute approximate surface area is 127 Å². The molecule has 7 heteroatoms. The van der Waals surface area contributed by atoms with Crippen molar-refractivity contribution >= 4 is 34.8 Å². The zero-order chi connectivity index (χ0) is 14.9. The third-order valence-corrected chi connectivity index (χ3v) is 3.47. The summed E-state index contributed by atoms with van der Waals surface area (Å²) in [5.74, 6) is -1.48. The molecule has 0 bridgehead atoms. The molecule has 0 aliphatic heterocycles. The predicted octanol–water partition coefficient (Wildman–Crippen LogP) is 6.05. The van der Waals surface area contributed by atoms with E-state index in [9.17, 15) is 13.2 Å². The topological polar surface area (TPSA) is 9.23 Å². The minimum Gasteiger partial charge on any atom is -0.432 e. The number of hydrogen-bond acceptors (Lipinski definition) is 1. The summed E-state index contributed by atoms with van der Waals surface area (Å²) in [5.41, 5.74) is 0.741. The van der Waals surface area contributed by atoms with E-state index in [-0.39, 0.29) is 10.0 Å². The highest BCUT2D eigenvalue weighted by Gasteiger charge is 2.14. The van der Waals surface area contributed by atoms with Crippen molar-refractivity contribution in [3.8, 4) is 16.9 Å². The highest BCUT2D eigenvalue weighted by molar-refractivity contribution is 6.45. The summed E-state index contributed by atoms with van der Waals surface area (Å²) >= 11 is 17.7. The fraction of sp³-hybridized carbons (Fsp3) is 0.0769. The molecule has 0 aliphatic carbocycles. The molecule has 0 saturated heterocycles. The van der Waals surface area contributed by atoms with Crippen molar-refractivity contribution in [3.05, 3.63) is 51.2 Å². The highest BCUT2D eigenvalue weighted by Crippen LogP contribution is 2.37. The molecule has 0 atom stereocenters. The Morgan fingerprint density at radius 1 is 1.00 bits per heavy atom. The normalized spacial score (nSPS) is 10.9. The second-order valence-electron chi connectivity index (χ2n) is 3.77. The van der Waals surface area contributed by atoms with E-state index in [2.05, 4.69) is 4.74 Å². The van der Waals surface area contributed by atoms with Gasteiger partial charge in [0.1, 0.15) is 0 Å². The first-order valence-corrected chi connectivity index (χ1v) is 6.41. The largest absolute Gasteiger partial charge is 0.432 e. The van der Waals surface area contributed by atoms with Gasteiger partial charge in [0.05, 0.1) is 10.0 Å². The Bertz CT molecular complexity index is 647. The molecule has 0 aromatic heterocycles. The molecular formula is C13H6Cl3F3O. The fourth-order valence-electron chi connectivity index (χ4n) is 1.63. The third-order valence-electron chi connectivity index (χ3n) is 2.45. The van der Waals surface area contributed by atoms with Crippen molar-refractivity contribution in [2.45, 2.75) is 6.61 Å². The van der Waals surface area contributed by atoms with E-state index in [1.165, 1.54) is 18.2 Å². The van der Waals surface area contributed by atoms with Crippen molar-refractivity contribution in [1.29, 1.82) is 0 Å². The molecule has 0 radical (unpaired) electrons. The van der Waals surface area contributed by atoms with Crippen LogP contribution in [0.5, 0.6) is 5.75 Å². The SMILES string of the molecule is Fc1cc(-c2cc(Cl)cc(Cl)c2Cl)ccc1OC(F)F. The van der Waals surface area contributed by atoms with Crippen LogP contribution >= 0.6 is 34.8 Å². The van der Waals surface area contributed by atoms with E-state index < -0.39 is 18.2 Å². The lowest BCUT2D eigenvalue weighted by Gasteiger charge is -2.10. The molecule has 2 aromatic rings. The first-order valence-electron chi connectivity index (χ1n) is 5.27. The summed E-state index contributed by atoms with van der Waals surface area (Å²) in [6.07, 6.45) is 0. The van der Waals surface area contributed by atoms with Crippen molar-refractivity contribution in [2.24, 2.45) is 0 Å². The molecule has 0 spiro atoms. The summed E-state index contributed by atoms with van der Waals surface area (Å²) < 4.78 is 41.8. The van der Waals surface area contributed by atoms with Crippen LogP contribution in [0.4, 0.5) is 13.2 Å². The van der Waals surface area contributed by atoms with Crippen LogP contribution in [0.1, 0.15) is 0 Å². The van der Waals surface area contributed by atoms with Crippen LogP contribution in [0.2, 0.25) is 15.1 Å². The molecule has 0 aliphatic rings. The van der Waals surface area contributed by atoms with Crippen LogP contribution in [0.15, 0.2) is 30.3 Å². The van der Waals surface area contributed by atoms with Crippen molar-refractivity contribution in [1.82, 2.24) is 0 Å². The summed E-state index contributed by atoms with van der Waals surface area (Å²) in [7, 11) is 0. The first-order chi connectivity index (χ1) is 9.38. The van der Waals surface area contributed by atoms with Gasteiger partial charge in [0.15, 0.2) is 11.6 Å². The summed E-state index contributed by atoms with van der Waals surface area (Å²) in [5, 5.41) is 0.725. The highest BCUT2D eigenvalue weighted by atomic mass is 35.5. The van der Waals surface area contributed by atoms with E-state index in [1.807, 2.05) is 0 Å². The molecule has 0 fully saturated rings. The summed E-state index contributed by atoms with van der Waals surface area (Å²) in [4.78, 5) is 0. The molecule has 0 heterocycles. The average molecular weight is 342 g/mol. The Morgan fingerprint density at radius 2 is 1.70 bits per heavy atom. The van der Waals surface area contributed by atoms with E-state index in [4.69, 9.17) is 34.8 Å². The number of alkyl halides is 2. The molecule has 2 rings (SSSR count). The Morgan fingerprint density at radius 3 is 2.30 bits per heavy atom. The molecule has 0 N–H and O–H groups in total. The minimum atomic E-state index is -3.10. The second kappa shape index (κ2) is 6.12. The van der Waals surface area contributed by atoms with Gasteiger partial charge in [-0.3, -0.25) is 0 Å². The maximum Gasteiger partial charge on any atom is 0.387 e. The van der Waals surface area contributed by atoms with Gasteiger partial charge in [-0.05, 0) is 29.8 Å². The maximum absolute atomic E-state index is 13.7. The van der Waals surface area contributed by atoms with Gasteiger partial charge in [-0.1, -0.05) is 40.9 Å². The monoisotopic (exact) mass is 340 g/mol. The zero-order valence-electron chi connectivity index (χ0n) is 9.64. The van der Waals surface area contributed by atoms with Crippen molar-refractivity contribution < 1.29 is 17.9 Å². The lowest BCUT2D eigenvalue weighted by atomic mass is 10.1. The number of halogens is 6. The van der Waals surface area contributed by atoms with Gasteiger partial charge in [0.2, 0.25) is 0 Å². The van der Waals surface area contributed by atoms with E-state index in [0.717, 1.165) is 12.1 Å². The number of rotatable bonds is 3.